The lowest BCUT2D eigenvalue weighted by Gasteiger charge is -2.18. The number of phenolic OH excluding ortho intramolecular Hbond substituents is 1. The maximum absolute atomic E-state index is 12.7. The fourth-order valence-corrected chi connectivity index (χ4v) is 2.53. The van der Waals surface area contributed by atoms with Crippen molar-refractivity contribution in [1.82, 2.24) is 4.90 Å². The highest BCUT2D eigenvalue weighted by Crippen LogP contribution is 2.39. The molecule has 0 fully saturated rings. The van der Waals surface area contributed by atoms with Crippen molar-refractivity contribution < 1.29 is 19.4 Å². The lowest BCUT2D eigenvalue weighted by Crippen LogP contribution is -2.13. The zero-order valence-electron chi connectivity index (χ0n) is 14.9. The van der Waals surface area contributed by atoms with Gasteiger partial charge in [-0.1, -0.05) is 36.4 Å². The van der Waals surface area contributed by atoms with Crippen LogP contribution in [0.4, 0.5) is 0 Å². The molecule has 0 aromatic heterocycles. The number of methoxy groups -OCH3 is 2. The summed E-state index contributed by atoms with van der Waals surface area (Å²) in [5, 5.41) is 10.7. The van der Waals surface area contributed by atoms with Gasteiger partial charge in [0.05, 0.1) is 19.8 Å². The molecule has 0 radical (unpaired) electrons. The monoisotopic (exact) mass is 341 g/mol. The summed E-state index contributed by atoms with van der Waals surface area (Å²) in [7, 11) is 6.72. The normalized spacial score (nSPS) is 11.1. The van der Waals surface area contributed by atoms with Gasteiger partial charge < -0.3 is 19.5 Å². The van der Waals surface area contributed by atoms with E-state index in [1.807, 2.05) is 49.3 Å². The average Bonchev–Trinajstić information content (AvgIpc) is 2.61. The molecule has 5 nitrogen and oxygen atoms in total. The van der Waals surface area contributed by atoms with Crippen molar-refractivity contribution >= 4 is 11.9 Å². The summed E-state index contributed by atoms with van der Waals surface area (Å²) in [6, 6.07) is 11.1. The van der Waals surface area contributed by atoms with E-state index < -0.39 is 0 Å². The van der Waals surface area contributed by atoms with E-state index in [1.165, 1.54) is 20.3 Å². The zero-order valence-corrected chi connectivity index (χ0v) is 14.9. The van der Waals surface area contributed by atoms with Gasteiger partial charge in [0.25, 0.3) is 0 Å². The first-order valence-corrected chi connectivity index (χ1v) is 7.87. The van der Waals surface area contributed by atoms with Crippen LogP contribution < -0.4 is 9.47 Å². The predicted octanol–water partition coefficient (Wildman–Crippen LogP) is 3.37. The van der Waals surface area contributed by atoms with E-state index in [0.717, 1.165) is 5.56 Å². The molecule has 2 rings (SSSR count). The van der Waals surface area contributed by atoms with E-state index in [9.17, 15) is 9.90 Å². The van der Waals surface area contributed by atoms with Crippen LogP contribution in [0.25, 0.3) is 6.08 Å². The molecule has 132 valence electrons. The molecule has 0 bridgehead atoms. The fourth-order valence-electron chi connectivity index (χ4n) is 2.53. The number of allylic oxidation sites excluding steroid dienone is 1. The van der Waals surface area contributed by atoms with Crippen molar-refractivity contribution in [1.29, 1.82) is 0 Å². The summed E-state index contributed by atoms with van der Waals surface area (Å²) in [6.45, 7) is 0.432. The van der Waals surface area contributed by atoms with Crippen molar-refractivity contribution in [2.45, 2.75) is 6.54 Å². The van der Waals surface area contributed by atoms with Crippen LogP contribution in [0.3, 0.4) is 0 Å². The minimum absolute atomic E-state index is 0.118. The third kappa shape index (κ3) is 4.39. The van der Waals surface area contributed by atoms with Crippen molar-refractivity contribution in [2.24, 2.45) is 0 Å². The number of ketones is 1. The SMILES string of the molecule is COc1cc(OC)c(C(=O)/C=C/c2ccccc2)c(O)c1CN(C)C. The molecule has 0 aliphatic rings. The molecule has 0 saturated carbocycles. The highest BCUT2D eigenvalue weighted by molar-refractivity contribution is 6.11. The number of hydrogen-bond donors (Lipinski definition) is 1. The summed E-state index contributed by atoms with van der Waals surface area (Å²) in [5.74, 6) is 0.305. The number of hydrogen-bond acceptors (Lipinski definition) is 5. The first-order valence-electron chi connectivity index (χ1n) is 7.87. The summed E-state index contributed by atoms with van der Waals surface area (Å²) in [4.78, 5) is 14.6. The Bertz CT molecular complexity index is 767. The molecular formula is C20H23NO4. The summed E-state index contributed by atoms with van der Waals surface area (Å²) < 4.78 is 10.6. The maximum Gasteiger partial charge on any atom is 0.193 e. The van der Waals surface area contributed by atoms with Crippen LogP contribution in [0.15, 0.2) is 42.5 Å². The Morgan fingerprint density at radius 3 is 2.32 bits per heavy atom. The molecule has 1 N–H and O–H groups in total. The largest absolute Gasteiger partial charge is 0.507 e. The van der Waals surface area contributed by atoms with Gasteiger partial charge in [0, 0.05) is 12.6 Å². The standard InChI is InChI=1S/C20H23NO4/c1-21(2)13-15-17(24-3)12-18(25-4)19(20(15)23)16(22)11-10-14-8-6-5-7-9-14/h5-12,23H,13H2,1-4H3/b11-10+. The van der Waals surface area contributed by atoms with E-state index in [1.54, 1.807) is 12.1 Å². The minimum Gasteiger partial charge on any atom is -0.507 e. The van der Waals surface area contributed by atoms with Crippen LogP contribution in [0.1, 0.15) is 21.5 Å². The third-order valence-electron chi connectivity index (χ3n) is 3.72. The van der Waals surface area contributed by atoms with Crippen LogP contribution in [0, 0.1) is 0 Å². The third-order valence-corrected chi connectivity index (χ3v) is 3.72. The molecule has 0 aliphatic carbocycles. The number of nitrogens with zero attached hydrogens (tertiary/aromatic N) is 1. The number of phenols is 1. The molecule has 25 heavy (non-hydrogen) atoms. The van der Waals surface area contributed by atoms with E-state index in [0.29, 0.717) is 17.9 Å². The molecule has 0 amide bonds. The summed E-state index contributed by atoms with van der Waals surface area (Å²) >= 11 is 0. The zero-order chi connectivity index (χ0) is 18.4. The van der Waals surface area contributed by atoms with Crippen molar-refractivity contribution in [2.75, 3.05) is 28.3 Å². The van der Waals surface area contributed by atoms with Crippen LogP contribution in [-0.2, 0) is 6.54 Å². The van der Waals surface area contributed by atoms with Gasteiger partial charge in [0.1, 0.15) is 22.8 Å². The molecule has 0 unspecified atom stereocenters. The molecular weight excluding hydrogens is 318 g/mol. The van der Waals surface area contributed by atoms with Crippen molar-refractivity contribution in [3.8, 4) is 17.2 Å². The second-order valence-electron chi connectivity index (χ2n) is 5.83. The van der Waals surface area contributed by atoms with Gasteiger partial charge in [0.15, 0.2) is 5.78 Å². The van der Waals surface area contributed by atoms with Gasteiger partial charge in [-0.2, -0.15) is 0 Å². The number of carbonyl (C=O) groups excluding carboxylic acids is 1. The smallest absolute Gasteiger partial charge is 0.193 e. The second kappa shape index (κ2) is 8.35. The Balaban J connectivity index is 2.47. The first kappa shape index (κ1) is 18.5. The Labute approximate surface area is 148 Å². The Morgan fingerprint density at radius 1 is 1.12 bits per heavy atom. The average molecular weight is 341 g/mol. The van der Waals surface area contributed by atoms with Crippen LogP contribution >= 0.6 is 0 Å². The fraction of sp³-hybridized carbons (Fsp3) is 0.250. The van der Waals surface area contributed by atoms with Gasteiger partial charge >= 0.3 is 0 Å². The topological polar surface area (TPSA) is 59.0 Å². The van der Waals surface area contributed by atoms with E-state index in [4.69, 9.17) is 9.47 Å². The van der Waals surface area contributed by atoms with Crippen LogP contribution in [0.5, 0.6) is 17.2 Å². The Kier molecular flexibility index (Phi) is 6.19. The maximum atomic E-state index is 12.7. The van der Waals surface area contributed by atoms with Gasteiger partial charge in [-0.25, -0.2) is 0 Å². The lowest BCUT2D eigenvalue weighted by atomic mass is 10.0. The van der Waals surface area contributed by atoms with E-state index in [-0.39, 0.29) is 22.8 Å². The second-order valence-corrected chi connectivity index (χ2v) is 5.83. The molecule has 2 aromatic rings. The highest BCUT2D eigenvalue weighted by Gasteiger charge is 2.23. The van der Waals surface area contributed by atoms with Gasteiger partial charge in [0.2, 0.25) is 0 Å². The molecule has 0 heterocycles. The van der Waals surface area contributed by atoms with Crippen LogP contribution in [0.2, 0.25) is 0 Å². The van der Waals surface area contributed by atoms with Crippen LogP contribution in [-0.4, -0.2) is 44.1 Å². The number of benzene rings is 2. The quantitative estimate of drug-likeness (QED) is 0.618. The highest BCUT2D eigenvalue weighted by atomic mass is 16.5. The van der Waals surface area contributed by atoms with Gasteiger partial charge in [-0.3, -0.25) is 4.79 Å². The van der Waals surface area contributed by atoms with Gasteiger partial charge in [-0.15, -0.1) is 0 Å². The molecule has 5 heteroatoms. The Morgan fingerprint density at radius 2 is 1.76 bits per heavy atom. The molecule has 0 atom stereocenters. The first-order chi connectivity index (χ1) is 12.0. The molecule has 0 saturated heterocycles. The number of aromatic hydroxyl groups is 1. The summed E-state index contributed by atoms with van der Waals surface area (Å²) in [6.07, 6.45) is 3.13. The number of carbonyl (C=O) groups is 1. The van der Waals surface area contributed by atoms with Crippen molar-refractivity contribution in [3.63, 3.8) is 0 Å². The lowest BCUT2D eigenvalue weighted by molar-refractivity contribution is 0.104. The minimum atomic E-state index is -0.333. The van der Waals surface area contributed by atoms with Gasteiger partial charge in [-0.05, 0) is 25.7 Å². The summed E-state index contributed by atoms with van der Waals surface area (Å²) in [5.41, 5.74) is 1.58. The van der Waals surface area contributed by atoms with Crippen molar-refractivity contribution in [3.05, 3.63) is 59.2 Å². The predicted molar refractivity (Wildman–Crippen MR) is 98.4 cm³/mol. The number of ether oxygens (including phenoxy) is 2. The van der Waals surface area contributed by atoms with E-state index >= 15 is 0 Å². The Hall–Kier alpha value is -2.79. The van der Waals surface area contributed by atoms with E-state index in [2.05, 4.69) is 0 Å². The number of rotatable bonds is 7. The molecule has 0 spiro atoms. The molecule has 2 aromatic carbocycles. The molecule has 0 aliphatic heterocycles.